The van der Waals surface area contributed by atoms with Crippen molar-refractivity contribution in [1.29, 1.82) is 0 Å². The number of hydrogen-bond donors (Lipinski definition) is 0. The van der Waals surface area contributed by atoms with E-state index in [0.717, 1.165) is 16.7 Å². The number of benzene rings is 4. The first-order chi connectivity index (χ1) is 16.5. The van der Waals surface area contributed by atoms with Gasteiger partial charge in [0.1, 0.15) is 31.4 Å². The summed E-state index contributed by atoms with van der Waals surface area (Å²) in [7, 11) is 25.3. The summed E-state index contributed by atoms with van der Waals surface area (Å²) in [5, 5.41) is 2.39. The fourth-order valence-corrected chi connectivity index (χ4v) is 4.67. The molecule has 1 fully saturated rings. The van der Waals surface area contributed by atoms with Crippen molar-refractivity contribution in [2.24, 2.45) is 0 Å². The van der Waals surface area contributed by atoms with Crippen molar-refractivity contribution in [2.45, 2.75) is 38.9 Å². The van der Waals surface area contributed by atoms with Crippen molar-refractivity contribution in [2.75, 3.05) is 0 Å². The summed E-state index contributed by atoms with van der Waals surface area (Å²) in [6, 6.07) is 22.7. The summed E-state index contributed by atoms with van der Waals surface area (Å²) in [5.41, 5.74) is 4.46. The molecule has 2 nitrogen and oxygen atoms in total. The molecule has 5 rings (SSSR count). The lowest BCUT2D eigenvalue weighted by Crippen LogP contribution is -2.62. The van der Waals surface area contributed by atoms with E-state index in [1.807, 2.05) is 45.9 Å². The highest BCUT2D eigenvalue weighted by Gasteiger charge is 2.52. The van der Waals surface area contributed by atoms with Gasteiger partial charge in [0.15, 0.2) is 0 Å². The van der Waals surface area contributed by atoms with Crippen molar-refractivity contribution in [3.8, 4) is 22.3 Å². The molecule has 1 aliphatic rings. The Morgan fingerprint density at radius 2 is 1.11 bits per heavy atom. The van der Waals surface area contributed by atoms with Crippen molar-refractivity contribution >= 4 is 76.6 Å². The van der Waals surface area contributed by atoms with Gasteiger partial charge in [-0.1, -0.05) is 77.7 Å². The maximum absolute atomic E-state index is 6.54. The molecule has 0 aromatic heterocycles. The molecule has 0 atom stereocenters. The molecule has 0 spiro atoms. The molecule has 35 heavy (non-hydrogen) atoms. The molecule has 7 heteroatoms. The van der Waals surface area contributed by atoms with Gasteiger partial charge in [-0.2, -0.15) is 0 Å². The van der Waals surface area contributed by atoms with E-state index in [2.05, 4.69) is 48.5 Å². The Balaban J connectivity index is 1.56. The summed E-state index contributed by atoms with van der Waals surface area (Å²) in [5.74, 6) is 0. The Labute approximate surface area is 213 Å². The molecule has 4 aromatic rings. The van der Waals surface area contributed by atoms with Crippen LogP contribution >= 0.6 is 0 Å². The first kappa shape index (κ1) is 24.1. The van der Waals surface area contributed by atoms with E-state index in [4.69, 9.17) is 40.7 Å². The van der Waals surface area contributed by atoms with Crippen LogP contribution in [-0.2, 0) is 9.31 Å². The largest absolute Gasteiger partial charge is 0.493 e. The van der Waals surface area contributed by atoms with Crippen LogP contribution in [0.3, 0.4) is 0 Å². The Kier molecular flexibility index (Phi) is 5.85. The van der Waals surface area contributed by atoms with E-state index in [9.17, 15) is 0 Å². The molecular weight excluding hydrogens is 422 g/mol. The highest BCUT2D eigenvalue weighted by Crippen LogP contribution is 2.36. The third kappa shape index (κ3) is 3.90. The van der Waals surface area contributed by atoms with Crippen LogP contribution in [0.5, 0.6) is 0 Å². The fraction of sp³-hybridized carbons (Fsp3) is 0.214. The average Bonchev–Trinajstić information content (AvgIpc) is 3.04. The van der Waals surface area contributed by atoms with Crippen molar-refractivity contribution < 1.29 is 9.31 Å². The van der Waals surface area contributed by atoms with E-state index in [1.54, 1.807) is 0 Å². The maximum Gasteiger partial charge on any atom is 0.493 e. The van der Waals surface area contributed by atoms with E-state index in [1.165, 1.54) is 10.8 Å². The van der Waals surface area contributed by atoms with E-state index in [0.29, 0.717) is 32.9 Å². The lowest BCUT2D eigenvalue weighted by atomic mass is 9.56. The minimum Gasteiger partial charge on any atom is -0.399 e. The second-order valence-corrected chi connectivity index (χ2v) is 10.1. The smallest absolute Gasteiger partial charge is 0.399 e. The Hall–Kier alpha value is -2.62. The van der Waals surface area contributed by atoms with Crippen molar-refractivity contribution in [3.63, 3.8) is 0 Å². The molecule has 162 valence electrons. The molecule has 1 saturated heterocycles. The summed E-state index contributed by atoms with van der Waals surface area (Å²) < 4.78 is 12.3. The number of rotatable bonds is 3. The molecule has 0 bridgehead atoms. The van der Waals surface area contributed by atoms with E-state index < -0.39 is 18.3 Å². The summed E-state index contributed by atoms with van der Waals surface area (Å²) in [6.07, 6.45) is 0. The lowest BCUT2D eigenvalue weighted by Gasteiger charge is -2.32. The van der Waals surface area contributed by atoms with Crippen LogP contribution in [0.15, 0.2) is 66.7 Å². The standard InChI is InChI=1S/C28H23B5O2/c1-27(2)28(3,4)35-33(34-27)26-24(31)22(29)21(23(30)25(26)32)18-14-12-17(13-15-18)20-11-7-9-16-8-5-6-10-19(16)20/h5-15H,1-4H3. The third-order valence-corrected chi connectivity index (χ3v) is 7.46. The Bertz CT molecular complexity index is 1390. The molecule has 0 saturated carbocycles. The third-order valence-electron chi connectivity index (χ3n) is 7.46. The molecule has 0 N–H and O–H groups in total. The van der Waals surface area contributed by atoms with Crippen LogP contribution in [0, 0.1) is 0 Å². The normalized spacial score (nSPS) is 16.6. The van der Waals surface area contributed by atoms with Crippen LogP contribution in [-0.4, -0.2) is 49.7 Å². The molecular formula is C28H23B5O2. The van der Waals surface area contributed by atoms with Crippen LogP contribution in [0.4, 0.5) is 0 Å². The van der Waals surface area contributed by atoms with Gasteiger partial charge in [0.25, 0.3) is 0 Å². The maximum atomic E-state index is 6.54. The van der Waals surface area contributed by atoms with Gasteiger partial charge in [-0.3, -0.25) is 0 Å². The van der Waals surface area contributed by atoms with Gasteiger partial charge >= 0.3 is 7.12 Å². The second-order valence-electron chi connectivity index (χ2n) is 10.1. The van der Waals surface area contributed by atoms with Gasteiger partial charge < -0.3 is 9.31 Å². The first-order valence-corrected chi connectivity index (χ1v) is 11.7. The van der Waals surface area contributed by atoms with Crippen LogP contribution in [0.1, 0.15) is 27.7 Å². The van der Waals surface area contributed by atoms with E-state index in [-0.39, 0.29) is 0 Å². The number of fused-ring (bicyclic) bond motifs is 1. The molecule has 8 radical (unpaired) electrons. The van der Waals surface area contributed by atoms with Crippen LogP contribution in [0.2, 0.25) is 0 Å². The quantitative estimate of drug-likeness (QED) is 0.447. The monoisotopic (exact) mass is 446 g/mol. The van der Waals surface area contributed by atoms with Crippen molar-refractivity contribution in [3.05, 3.63) is 66.7 Å². The fourth-order valence-electron chi connectivity index (χ4n) is 4.67. The Morgan fingerprint density at radius 3 is 1.71 bits per heavy atom. The van der Waals surface area contributed by atoms with Crippen molar-refractivity contribution in [1.82, 2.24) is 0 Å². The molecule has 0 aliphatic carbocycles. The molecule has 0 amide bonds. The summed E-state index contributed by atoms with van der Waals surface area (Å²) >= 11 is 0. The van der Waals surface area contributed by atoms with Gasteiger partial charge in [0.2, 0.25) is 0 Å². The summed E-state index contributed by atoms with van der Waals surface area (Å²) in [6.45, 7) is 7.88. The number of hydrogen-bond acceptors (Lipinski definition) is 2. The minimum absolute atomic E-state index is 0.323. The molecule has 4 aromatic carbocycles. The predicted octanol–water partition coefficient (Wildman–Crippen LogP) is 1.65. The molecule has 0 unspecified atom stereocenters. The zero-order chi connectivity index (χ0) is 25.1. The van der Waals surface area contributed by atoms with Crippen LogP contribution in [0.25, 0.3) is 33.0 Å². The van der Waals surface area contributed by atoms with E-state index >= 15 is 0 Å². The first-order valence-electron chi connectivity index (χ1n) is 11.7. The molecule has 1 aliphatic heterocycles. The van der Waals surface area contributed by atoms with Crippen LogP contribution < -0.4 is 27.3 Å². The second kappa shape index (κ2) is 8.50. The van der Waals surface area contributed by atoms with Gasteiger partial charge in [0.05, 0.1) is 11.2 Å². The van der Waals surface area contributed by atoms with Gasteiger partial charge in [-0.05, 0) is 66.2 Å². The van der Waals surface area contributed by atoms with Gasteiger partial charge in [-0.15, -0.1) is 10.9 Å². The zero-order valence-electron chi connectivity index (χ0n) is 20.6. The van der Waals surface area contributed by atoms with Gasteiger partial charge in [0, 0.05) is 0 Å². The SMILES string of the molecule is [B]c1c([B])c(-c2ccc(-c3cccc4ccccc34)cc2)c([B])c([B])c1B1OC(C)(C)C(C)(C)O1. The topological polar surface area (TPSA) is 18.5 Å². The minimum atomic E-state index is -0.757. The highest BCUT2D eigenvalue weighted by atomic mass is 16.7. The zero-order valence-corrected chi connectivity index (χ0v) is 20.6. The van der Waals surface area contributed by atoms with Gasteiger partial charge in [-0.25, -0.2) is 0 Å². The molecule has 1 heterocycles. The highest BCUT2D eigenvalue weighted by molar-refractivity contribution is 6.77. The average molecular weight is 446 g/mol. The lowest BCUT2D eigenvalue weighted by molar-refractivity contribution is 0.00578. The Morgan fingerprint density at radius 1 is 0.600 bits per heavy atom. The predicted molar refractivity (Wildman–Crippen MR) is 152 cm³/mol. The summed E-state index contributed by atoms with van der Waals surface area (Å²) in [4.78, 5) is 0.